The number of ether oxygens (including phenoxy) is 1. The highest BCUT2D eigenvalue weighted by atomic mass is 16.5. The first-order chi connectivity index (χ1) is 15.9. The predicted molar refractivity (Wildman–Crippen MR) is 129 cm³/mol. The highest BCUT2D eigenvalue weighted by Crippen LogP contribution is 2.40. The van der Waals surface area contributed by atoms with Crippen molar-refractivity contribution in [3.05, 3.63) is 65.5 Å². The normalized spacial score (nSPS) is 12.2. The molecule has 0 radical (unpaired) electrons. The number of anilines is 2. The summed E-state index contributed by atoms with van der Waals surface area (Å²) in [7, 11) is 3.66. The number of para-hydroxylation sites is 2. The van der Waals surface area contributed by atoms with Gasteiger partial charge in [0.2, 0.25) is 5.91 Å². The number of unbranched alkanes of at least 4 members (excludes halogenated alkanes) is 1. The molecule has 172 valence electrons. The molecule has 0 aromatic heterocycles. The number of rotatable bonds is 10. The lowest BCUT2D eigenvalue weighted by Crippen LogP contribution is -2.28. The van der Waals surface area contributed by atoms with Gasteiger partial charge in [0, 0.05) is 33.5 Å². The van der Waals surface area contributed by atoms with Crippen LogP contribution in [0.3, 0.4) is 0 Å². The Labute approximate surface area is 195 Å². The van der Waals surface area contributed by atoms with Gasteiger partial charge in [-0.2, -0.15) is 5.26 Å². The van der Waals surface area contributed by atoms with Crippen LogP contribution in [0.2, 0.25) is 0 Å². The fourth-order valence-corrected chi connectivity index (χ4v) is 3.78. The summed E-state index contributed by atoms with van der Waals surface area (Å²) in [5.74, 6) is 0.854. The van der Waals surface area contributed by atoms with Crippen molar-refractivity contribution in [3.63, 3.8) is 0 Å². The van der Waals surface area contributed by atoms with Gasteiger partial charge in [-0.05, 0) is 44.0 Å². The molecule has 2 aromatic rings. The Hall–Kier alpha value is -3.79. The molecule has 1 N–H and O–H groups in total. The molecular weight excluding hydrogens is 416 g/mol. The molecule has 0 unspecified atom stereocenters. The van der Waals surface area contributed by atoms with Gasteiger partial charge in [0.1, 0.15) is 23.2 Å². The number of carbonyl (C=O) groups excluding carboxylic acids is 2. The predicted octanol–water partition coefficient (Wildman–Crippen LogP) is 3.94. The SMILES string of the molecule is Cc1ccc(OCCCCNC(=O)CCC(=O)C(C#N)=C2N(C)c3ccccc3N2C)cc1. The number of hydrogen-bond donors (Lipinski definition) is 1. The minimum absolute atomic E-state index is 0.00716. The van der Waals surface area contributed by atoms with Crippen molar-refractivity contribution in [2.24, 2.45) is 0 Å². The van der Waals surface area contributed by atoms with Gasteiger partial charge in [-0.15, -0.1) is 0 Å². The molecule has 0 fully saturated rings. The van der Waals surface area contributed by atoms with E-state index < -0.39 is 0 Å². The van der Waals surface area contributed by atoms with Crippen LogP contribution >= 0.6 is 0 Å². The molecule has 33 heavy (non-hydrogen) atoms. The van der Waals surface area contributed by atoms with E-state index in [0.717, 1.165) is 30.0 Å². The Morgan fingerprint density at radius 2 is 1.61 bits per heavy atom. The van der Waals surface area contributed by atoms with E-state index >= 15 is 0 Å². The Morgan fingerprint density at radius 1 is 0.970 bits per heavy atom. The lowest BCUT2D eigenvalue weighted by Gasteiger charge is -2.19. The molecule has 1 heterocycles. The number of nitriles is 1. The Bertz CT molecular complexity index is 1040. The summed E-state index contributed by atoms with van der Waals surface area (Å²) in [6.07, 6.45) is 1.65. The number of Topliss-reactive ketones (excluding diaryl/α,β-unsaturated/α-hetero) is 1. The summed E-state index contributed by atoms with van der Waals surface area (Å²) in [5, 5.41) is 12.5. The number of hydrogen-bond acceptors (Lipinski definition) is 6. The van der Waals surface area contributed by atoms with E-state index in [9.17, 15) is 14.9 Å². The van der Waals surface area contributed by atoms with Crippen LogP contribution in [0.4, 0.5) is 11.4 Å². The van der Waals surface area contributed by atoms with Gasteiger partial charge in [0.05, 0.1) is 18.0 Å². The molecule has 0 aliphatic carbocycles. The number of ketones is 1. The minimum atomic E-state index is -0.333. The third-order valence-electron chi connectivity index (χ3n) is 5.62. The first kappa shape index (κ1) is 23.9. The molecule has 0 saturated carbocycles. The monoisotopic (exact) mass is 446 g/mol. The summed E-state index contributed by atoms with van der Waals surface area (Å²) in [6, 6.07) is 17.7. The Morgan fingerprint density at radius 3 is 2.21 bits per heavy atom. The standard InChI is InChI=1S/C26H30N4O3/c1-19-10-12-20(13-11-19)33-17-7-6-16-28-25(32)15-14-24(31)21(18-27)26-29(2)22-8-4-5-9-23(22)30(26)3/h4-5,8-13H,6-7,14-17H2,1-3H3,(H,28,32). The van der Waals surface area contributed by atoms with Crippen LogP contribution in [0.5, 0.6) is 5.75 Å². The third-order valence-corrected chi connectivity index (χ3v) is 5.62. The fraction of sp³-hybridized carbons (Fsp3) is 0.346. The molecule has 0 saturated heterocycles. The number of amides is 1. The van der Waals surface area contributed by atoms with E-state index in [1.165, 1.54) is 5.56 Å². The van der Waals surface area contributed by atoms with Crippen molar-refractivity contribution in [2.45, 2.75) is 32.6 Å². The quantitative estimate of drug-likeness (QED) is 0.338. The van der Waals surface area contributed by atoms with Gasteiger partial charge in [-0.3, -0.25) is 9.59 Å². The molecule has 7 heteroatoms. The first-order valence-electron chi connectivity index (χ1n) is 11.1. The Kier molecular flexibility index (Phi) is 8.09. The second kappa shape index (κ2) is 11.2. The molecule has 0 atom stereocenters. The summed E-state index contributed by atoms with van der Waals surface area (Å²) in [6.45, 7) is 3.14. The number of benzene rings is 2. The average molecular weight is 447 g/mol. The first-order valence-corrected chi connectivity index (χ1v) is 11.1. The van der Waals surface area contributed by atoms with Crippen LogP contribution in [-0.4, -0.2) is 38.9 Å². The maximum Gasteiger partial charge on any atom is 0.220 e. The molecule has 1 aliphatic heterocycles. The summed E-state index contributed by atoms with van der Waals surface area (Å²) >= 11 is 0. The lowest BCUT2D eigenvalue weighted by molar-refractivity contribution is -0.124. The van der Waals surface area contributed by atoms with Crippen molar-refractivity contribution < 1.29 is 14.3 Å². The third kappa shape index (κ3) is 5.92. The second-order valence-electron chi connectivity index (χ2n) is 8.06. The highest BCUT2D eigenvalue weighted by molar-refractivity contribution is 6.03. The van der Waals surface area contributed by atoms with Gasteiger partial charge in [-0.1, -0.05) is 29.8 Å². The van der Waals surface area contributed by atoms with Crippen LogP contribution in [0.25, 0.3) is 0 Å². The molecule has 0 spiro atoms. The largest absolute Gasteiger partial charge is 0.494 e. The van der Waals surface area contributed by atoms with E-state index in [2.05, 4.69) is 5.32 Å². The van der Waals surface area contributed by atoms with E-state index in [1.54, 1.807) is 0 Å². The summed E-state index contributed by atoms with van der Waals surface area (Å²) in [5.41, 5.74) is 3.12. The lowest BCUT2D eigenvalue weighted by atomic mass is 10.1. The van der Waals surface area contributed by atoms with Crippen molar-refractivity contribution in [2.75, 3.05) is 37.0 Å². The molecule has 7 nitrogen and oxygen atoms in total. The van der Waals surface area contributed by atoms with Gasteiger partial charge in [-0.25, -0.2) is 0 Å². The van der Waals surface area contributed by atoms with Crippen LogP contribution < -0.4 is 19.9 Å². The van der Waals surface area contributed by atoms with Crippen LogP contribution in [0, 0.1) is 18.3 Å². The molecular formula is C26H30N4O3. The van der Waals surface area contributed by atoms with Crippen molar-refractivity contribution in [3.8, 4) is 11.8 Å². The number of aryl methyl sites for hydroxylation is 1. The number of fused-ring (bicyclic) bond motifs is 1. The Balaban J connectivity index is 1.41. The van der Waals surface area contributed by atoms with E-state index in [-0.39, 0.29) is 30.1 Å². The minimum Gasteiger partial charge on any atom is -0.494 e. The zero-order valence-corrected chi connectivity index (χ0v) is 19.4. The second-order valence-corrected chi connectivity index (χ2v) is 8.06. The molecule has 1 amide bonds. The number of carbonyl (C=O) groups is 2. The topological polar surface area (TPSA) is 85.7 Å². The van der Waals surface area contributed by atoms with Crippen molar-refractivity contribution in [1.29, 1.82) is 5.26 Å². The fourth-order valence-electron chi connectivity index (χ4n) is 3.78. The van der Waals surface area contributed by atoms with Gasteiger partial charge < -0.3 is 19.9 Å². The van der Waals surface area contributed by atoms with E-state index in [0.29, 0.717) is 19.0 Å². The van der Waals surface area contributed by atoms with Crippen LogP contribution in [-0.2, 0) is 9.59 Å². The molecule has 0 bridgehead atoms. The molecule has 3 rings (SSSR count). The smallest absolute Gasteiger partial charge is 0.220 e. The van der Waals surface area contributed by atoms with Crippen molar-refractivity contribution in [1.82, 2.24) is 5.32 Å². The van der Waals surface area contributed by atoms with Crippen LogP contribution in [0.1, 0.15) is 31.2 Å². The number of allylic oxidation sites excluding steroid dienone is 1. The van der Waals surface area contributed by atoms with Crippen LogP contribution in [0.15, 0.2) is 59.9 Å². The summed E-state index contributed by atoms with van der Waals surface area (Å²) in [4.78, 5) is 28.6. The van der Waals surface area contributed by atoms with Crippen molar-refractivity contribution >= 4 is 23.1 Å². The van der Waals surface area contributed by atoms with Gasteiger partial charge >= 0.3 is 0 Å². The van der Waals surface area contributed by atoms with Gasteiger partial charge in [0.25, 0.3) is 0 Å². The maximum atomic E-state index is 12.7. The zero-order chi connectivity index (χ0) is 23.8. The average Bonchev–Trinajstić information content (AvgIpc) is 3.07. The summed E-state index contributed by atoms with van der Waals surface area (Å²) < 4.78 is 5.67. The molecule has 1 aliphatic rings. The number of nitrogens with one attached hydrogen (secondary N) is 1. The zero-order valence-electron chi connectivity index (χ0n) is 19.4. The van der Waals surface area contributed by atoms with E-state index in [1.807, 2.05) is 85.4 Å². The molecule has 2 aromatic carbocycles. The van der Waals surface area contributed by atoms with E-state index in [4.69, 9.17) is 4.74 Å². The number of nitrogens with zero attached hydrogens (tertiary/aromatic N) is 3. The van der Waals surface area contributed by atoms with Gasteiger partial charge in [0.15, 0.2) is 5.78 Å². The highest BCUT2D eigenvalue weighted by Gasteiger charge is 2.31. The maximum absolute atomic E-state index is 12.7.